The van der Waals surface area contributed by atoms with Crippen molar-refractivity contribution in [3.63, 3.8) is 0 Å². The van der Waals surface area contributed by atoms with E-state index >= 15 is 0 Å². The maximum absolute atomic E-state index is 11.9. The Morgan fingerprint density at radius 1 is 1.38 bits per heavy atom. The van der Waals surface area contributed by atoms with Gasteiger partial charge in [0.25, 0.3) is 5.91 Å². The fourth-order valence-corrected chi connectivity index (χ4v) is 3.21. The predicted molar refractivity (Wildman–Crippen MR) is 80.1 cm³/mol. The molecule has 0 saturated carbocycles. The Bertz CT molecular complexity index is 570. The van der Waals surface area contributed by atoms with Gasteiger partial charge in [-0.05, 0) is 30.4 Å². The van der Waals surface area contributed by atoms with Gasteiger partial charge in [0.05, 0.1) is 6.42 Å². The first-order chi connectivity index (χ1) is 9.91. The highest BCUT2D eigenvalue weighted by molar-refractivity contribution is 7.10. The first-order valence-electron chi connectivity index (χ1n) is 6.76. The van der Waals surface area contributed by atoms with Gasteiger partial charge in [-0.3, -0.25) is 14.5 Å². The first-order valence-corrected chi connectivity index (χ1v) is 7.63. The molecule has 114 valence electrons. The summed E-state index contributed by atoms with van der Waals surface area (Å²) in [4.78, 5) is 39.0. The molecular formula is C14H19N3O3S. The molecular weight excluding hydrogens is 290 g/mol. The van der Waals surface area contributed by atoms with Gasteiger partial charge in [-0.2, -0.15) is 0 Å². The van der Waals surface area contributed by atoms with Crippen LogP contribution in [-0.2, 0) is 16.0 Å². The number of likely N-dealkylation sites (N-methyl/N-ethyl adjacent to an activating group) is 2. The largest absolute Gasteiger partial charge is 0.356 e. The number of imide groups is 1. The molecule has 6 nitrogen and oxygen atoms in total. The van der Waals surface area contributed by atoms with Crippen molar-refractivity contribution in [2.24, 2.45) is 0 Å². The second kappa shape index (κ2) is 6.26. The standard InChI is InChI=1S/C14H19N3O3S/c1-9-5-7-21-11(9)4-6-15-12(18)8-10-13(19)17(3)14(20)16(10)2/h5,7,10H,4,6,8H2,1-3H3,(H,15,18)/t10-/m0/s1. The van der Waals surface area contributed by atoms with Crippen LogP contribution in [0, 0.1) is 6.92 Å². The summed E-state index contributed by atoms with van der Waals surface area (Å²) in [6, 6.07) is 0.994. The number of carbonyl (C=O) groups excluding carboxylic acids is 3. The van der Waals surface area contributed by atoms with Gasteiger partial charge >= 0.3 is 6.03 Å². The van der Waals surface area contributed by atoms with Crippen LogP contribution in [0.5, 0.6) is 0 Å². The van der Waals surface area contributed by atoms with Crippen molar-refractivity contribution in [1.29, 1.82) is 0 Å². The SMILES string of the molecule is Cc1ccsc1CCNC(=O)C[C@H]1C(=O)N(C)C(=O)N1C. The van der Waals surface area contributed by atoms with Crippen molar-refractivity contribution in [2.45, 2.75) is 25.8 Å². The molecule has 1 saturated heterocycles. The van der Waals surface area contributed by atoms with Gasteiger partial charge in [0.2, 0.25) is 5.91 Å². The van der Waals surface area contributed by atoms with Crippen molar-refractivity contribution in [2.75, 3.05) is 20.6 Å². The third-order valence-electron chi connectivity index (χ3n) is 3.69. The topological polar surface area (TPSA) is 69.7 Å². The van der Waals surface area contributed by atoms with Crippen LogP contribution in [0.4, 0.5) is 4.79 Å². The van der Waals surface area contributed by atoms with Gasteiger partial charge in [0.1, 0.15) is 6.04 Å². The molecule has 0 spiro atoms. The smallest absolute Gasteiger partial charge is 0.326 e. The van der Waals surface area contributed by atoms with Gasteiger partial charge in [-0.1, -0.05) is 0 Å². The van der Waals surface area contributed by atoms with Crippen molar-refractivity contribution in [3.05, 3.63) is 21.9 Å². The number of carbonyl (C=O) groups is 3. The van der Waals surface area contributed by atoms with E-state index in [1.54, 1.807) is 11.3 Å². The number of aryl methyl sites for hydroxylation is 1. The highest BCUT2D eigenvalue weighted by Gasteiger charge is 2.41. The van der Waals surface area contributed by atoms with E-state index in [2.05, 4.69) is 11.4 Å². The third-order valence-corrected chi connectivity index (χ3v) is 4.78. The molecule has 1 aliphatic rings. The fourth-order valence-electron chi connectivity index (χ4n) is 2.30. The summed E-state index contributed by atoms with van der Waals surface area (Å²) in [6.07, 6.45) is 0.789. The number of nitrogens with zero attached hydrogens (tertiary/aromatic N) is 2. The molecule has 0 aromatic carbocycles. The molecule has 2 rings (SSSR count). The van der Waals surface area contributed by atoms with Crippen LogP contribution >= 0.6 is 11.3 Å². The number of nitrogens with one attached hydrogen (secondary N) is 1. The number of thiophene rings is 1. The molecule has 1 aliphatic heterocycles. The van der Waals surface area contributed by atoms with Gasteiger partial charge in [0.15, 0.2) is 0 Å². The van der Waals surface area contributed by atoms with Crippen molar-refractivity contribution in [1.82, 2.24) is 15.1 Å². The maximum Gasteiger partial charge on any atom is 0.326 e. The summed E-state index contributed by atoms with van der Waals surface area (Å²) in [5.41, 5.74) is 1.23. The van der Waals surface area contributed by atoms with Crippen LogP contribution in [0.2, 0.25) is 0 Å². The summed E-state index contributed by atoms with van der Waals surface area (Å²) < 4.78 is 0. The van der Waals surface area contributed by atoms with Gasteiger partial charge < -0.3 is 10.2 Å². The Hall–Kier alpha value is -1.89. The van der Waals surface area contributed by atoms with Crippen LogP contribution in [0.15, 0.2) is 11.4 Å². The highest BCUT2D eigenvalue weighted by Crippen LogP contribution is 2.17. The first kappa shape index (κ1) is 15.5. The lowest BCUT2D eigenvalue weighted by Gasteiger charge is -2.15. The highest BCUT2D eigenvalue weighted by atomic mass is 32.1. The van der Waals surface area contributed by atoms with Crippen LogP contribution in [0.3, 0.4) is 0 Å². The number of amides is 4. The Morgan fingerprint density at radius 2 is 2.10 bits per heavy atom. The van der Waals surface area contributed by atoms with Crippen LogP contribution in [0.1, 0.15) is 16.9 Å². The van der Waals surface area contributed by atoms with Gasteiger partial charge in [0, 0.05) is 25.5 Å². The lowest BCUT2D eigenvalue weighted by atomic mass is 10.2. The molecule has 1 aromatic rings. The van der Waals surface area contributed by atoms with E-state index in [1.807, 2.05) is 12.3 Å². The van der Waals surface area contributed by atoms with Crippen LogP contribution in [0.25, 0.3) is 0 Å². The van der Waals surface area contributed by atoms with E-state index in [1.165, 1.54) is 29.4 Å². The summed E-state index contributed by atoms with van der Waals surface area (Å²) in [5.74, 6) is -0.538. The molecule has 7 heteroatoms. The molecule has 2 heterocycles. The van der Waals surface area contributed by atoms with Gasteiger partial charge in [-0.25, -0.2) is 4.79 Å². The quantitative estimate of drug-likeness (QED) is 0.825. The van der Waals surface area contributed by atoms with Crippen molar-refractivity contribution in [3.8, 4) is 0 Å². The molecule has 21 heavy (non-hydrogen) atoms. The minimum atomic E-state index is -0.689. The second-order valence-corrected chi connectivity index (χ2v) is 6.14. The summed E-state index contributed by atoms with van der Waals surface area (Å²) >= 11 is 1.67. The molecule has 0 unspecified atom stereocenters. The molecule has 0 bridgehead atoms. The zero-order valence-corrected chi connectivity index (χ0v) is 13.2. The monoisotopic (exact) mass is 309 g/mol. The number of urea groups is 1. The van der Waals surface area contributed by atoms with E-state index < -0.39 is 6.04 Å². The van der Waals surface area contributed by atoms with E-state index in [9.17, 15) is 14.4 Å². The maximum atomic E-state index is 11.9. The zero-order valence-electron chi connectivity index (χ0n) is 12.4. The third kappa shape index (κ3) is 3.24. The molecule has 1 atom stereocenters. The second-order valence-electron chi connectivity index (χ2n) is 5.14. The normalized spacial score (nSPS) is 18.5. The van der Waals surface area contributed by atoms with Crippen LogP contribution < -0.4 is 5.32 Å². The molecule has 0 aliphatic carbocycles. The summed E-state index contributed by atoms with van der Waals surface area (Å²) in [7, 11) is 2.97. The average Bonchev–Trinajstić information content (AvgIpc) is 2.93. The number of hydrogen-bond acceptors (Lipinski definition) is 4. The fraction of sp³-hybridized carbons (Fsp3) is 0.500. The Labute approximate surface area is 127 Å². The van der Waals surface area contributed by atoms with E-state index in [0.29, 0.717) is 6.54 Å². The zero-order chi connectivity index (χ0) is 15.6. The lowest BCUT2D eigenvalue weighted by molar-refractivity contribution is -0.131. The van der Waals surface area contributed by atoms with Crippen LogP contribution in [-0.4, -0.2) is 54.3 Å². The average molecular weight is 309 g/mol. The summed E-state index contributed by atoms with van der Waals surface area (Å²) in [6.45, 7) is 2.58. The van der Waals surface area contributed by atoms with E-state index in [-0.39, 0.29) is 24.3 Å². The van der Waals surface area contributed by atoms with E-state index in [0.717, 1.165) is 11.3 Å². The number of hydrogen-bond donors (Lipinski definition) is 1. The Balaban J connectivity index is 1.81. The Morgan fingerprint density at radius 3 is 2.62 bits per heavy atom. The lowest BCUT2D eigenvalue weighted by Crippen LogP contribution is -2.37. The predicted octanol–water partition coefficient (Wildman–Crippen LogP) is 0.998. The molecule has 1 N–H and O–H groups in total. The number of rotatable bonds is 5. The summed E-state index contributed by atoms with van der Waals surface area (Å²) in [5, 5.41) is 4.83. The minimum Gasteiger partial charge on any atom is -0.356 e. The Kier molecular flexibility index (Phi) is 4.62. The van der Waals surface area contributed by atoms with Crippen molar-refractivity contribution < 1.29 is 14.4 Å². The van der Waals surface area contributed by atoms with E-state index in [4.69, 9.17) is 0 Å². The molecule has 1 fully saturated rings. The minimum absolute atomic E-state index is 0.00877. The van der Waals surface area contributed by atoms with Crippen molar-refractivity contribution >= 4 is 29.2 Å². The molecule has 0 radical (unpaired) electrons. The molecule has 4 amide bonds. The van der Waals surface area contributed by atoms with Gasteiger partial charge in [-0.15, -0.1) is 11.3 Å². The molecule has 1 aromatic heterocycles.